The first-order chi connectivity index (χ1) is 9.66. The van der Waals surface area contributed by atoms with Crippen LogP contribution >= 0.6 is 0 Å². The molecule has 0 radical (unpaired) electrons. The number of pyridine rings is 1. The Bertz CT molecular complexity index is 442. The van der Waals surface area contributed by atoms with Gasteiger partial charge in [0.25, 0.3) is 5.91 Å². The van der Waals surface area contributed by atoms with Gasteiger partial charge in [0.1, 0.15) is 5.69 Å². The van der Waals surface area contributed by atoms with Gasteiger partial charge in [0, 0.05) is 32.5 Å². The maximum Gasteiger partial charge on any atom is 0.272 e. The minimum absolute atomic E-state index is 0.0872. The highest BCUT2D eigenvalue weighted by atomic mass is 16.5. The van der Waals surface area contributed by atoms with Crippen molar-refractivity contribution in [3.8, 4) is 0 Å². The number of aromatic nitrogens is 1. The van der Waals surface area contributed by atoms with Crippen molar-refractivity contribution in [1.29, 1.82) is 0 Å². The monoisotopic (exact) mass is 277 g/mol. The molecular formula is C15H23N3O2. The molecule has 0 aliphatic heterocycles. The number of ether oxygens (including phenoxy) is 1. The molecule has 1 aromatic heterocycles. The Morgan fingerprint density at radius 2 is 2.20 bits per heavy atom. The molecule has 1 saturated carbocycles. The molecule has 1 fully saturated rings. The van der Waals surface area contributed by atoms with Gasteiger partial charge in [0.15, 0.2) is 0 Å². The molecule has 1 aliphatic rings. The van der Waals surface area contributed by atoms with Gasteiger partial charge in [-0.05, 0) is 25.0 Å². The third kappa shape index (κ3) is 4.20. The van der Waals surface area contributed by atoms with Gasteiger partial charge >= 0.3 is 0 Å². The van der Waals surface area contributed by atoms with E-state index in [1.54, 1.807) is 26.4 Å². The Morgan fingerprint density at radius 1 is 1.45 bits per heavy atom. The first kappa shape index (κ1) is 14.8. The molecule has 5 heteroatoms. The molecule has 0 aromatic carbocycles. The molecule has 1 N–H and O–H groups in total. The van der Waals surface area contributed by atoms with Crippen molar-refractivity contribution < 1.29 is 9.53 Å². The van der Waals surface area contributed by atoms with E-state index < -0.39 is 0 Å². The van der Waals surface area contributed by atoms with E-state index in [9.17, 15) is 4.79 Å². The maximum atomic E-state index is 11.8. The lowest BCUT2D eigenvalue weighted by Gasteiger charge is -2.13. The van der Waals surface area contributed by atoms with Crippen molar-refractivity contribution in [3.05, 3.63) is 24.0 Å². The van der Waals surface area contributed by atoms with Crippen LogP contribution < -0.4 is 5.32 Å². The van der Waals surface area contributed by atoms with Crippen molar-refractivity contribution in [1.82, 2.24) is 9.88 Å². The number of hydrogen-bond acceptors (Lipinski definition) is 4. The van der Waals surface area contributed by atoms with Crippen LogP contribution in [0.1, 0.15) is 36.2 Å². The fraction of sp³-hybridized carbons (Fsp3) is 0.600. The van der Waals surface area contributed by atoms with Gasteiger partial charge in [-0.25, -0.2) is 0 Å². The Morgan fingerprint density at radius 3 is 2.90 bits per heavy atom. The van der Waals surface area contributed by atoms with E-state index in [4.69, 9.17) is 4.74 Å². The SMILES string of the molecule is CN(C)C(=O)c1cc(NCCOC2CCCC2)ccn1. The summed E-state index contributed by atoms with van der Waals surface area (Å²) in [7, 11) is 3.44. The first-order valence-electron chi connectivity index (χ1n) is 7.20. The van der Waals surface area contributed by atoms with Gasteiger partial charge in [0.2, 0.25) is 0 Å². The molecule has 1 aromatic rings. The van der Waals surface area contributed by atoms with E-state index >= 15 is 0 Å². The van der Waals surface area contributed by atoms with Gasteiger partial charge in [-0.2, -0.15) is 0 Å². The fourth-order valence-electron chi connectivity index (χ4n) is 2.36. The molecule has 1 aliphatic carbocycles. The molecule has 2 rings (SSSR count). The lowest BCUT2D eigenvalue weighted by atomic mass is 10.3. The Hall–Kier alpha value is -1.62. The third-order valence-corrected chi connectivity index (χ3v) is 3.47. The zero-order chi connectivity index (χ0) is 14.4. The standard InChI is InChI=1S/C15H23N3O2/c1-18(2)15(19)14-11-12(7-8-17-14)16-9-10-20-13-5-3-4-6-13/h7-8,11,13H,3-6,9-10H2,1-2H3,(H,16,17). The lowest BCUT2D eigenvalue weighted by molar-refractivity contribution is 0.0659. The summed E-state index contributed by atoms with van der Waals surface area (Å²) in [5.74, 6) is -0.0872. The molecule has 0 saturated heterocycles. The maximum absolute atomic E-state index is 11.8. The summed E-state index contributed by atoms with van der Waals surface area (Å²) < 4.78 is 5.79. The molecule has 1 heterocycles. The number of amides is 1. The molecular weight excluding hydrogens is 254 g/mol. The average molecular weight is 277 g/mol. The zero-order valence-electron chi connectivity index (χ0n) is 12.3. The van der Waals surface area contributed by atoms with Gasteiger partial charge in [0.05, 0.1) is 12.7 Å². The van der Waals surface area contributed by atoms with Crippen molar-refractivity contribution in [3.63, 3.8) is 0 Å². The van der Waals surface area contributed by atoms with E-state index in [0.717, 1.165) is 12.2 Å². The average Bonchev–Trinajstić information content (AvgIpc) is 2.96. The number of carbonyl (C=O) groups is 1. The summed E-state index contributed by atoms with van der Waals surface area (Å²) in [6.45, 7) is 1.44. The topological polar surface area (TPSA) is 54.5 Å². The molecule has 5 nitrogen and oxygen atoms in total. The highest BCUT2D eigenvalue weighted by Gasteiger charge is 2.14. The summed E-state index contributed by atoms with van der Waals surface area (Å²) in [5.41, 5.74) is 1.36. The van der Waals surface area contributed by atoms with Gasteiger partial charge in [-0.3, -0.25) is 9.78 Å². The van der Waals surface area contributed by atoms with E-state index in [0.29, 0.717) is 18.4 Å². The quantitative estimate of drug-likeness (QED) is 0.810. The van der Waals surface area contributed by atoms with E-state index in [2.05, 4.69) is 10.3 Å². The van der Waals surface area contributed by atoms with E-state index in [1.165, 1.54) is 30.6 Å². The Balaban J connectivity index is 1.77. The smallest absolute Gasteiger partial charge is 0.272 e. The lowest BCUT2D eigenvalue weighted by Crippen LogP contribution is -2.23. The largest absolute Gasteiger partial charge is 0.383 e. The van der Waals surface area contributed by atoms with Crippen LogP contribution in [0.15, 0.2) is 18.3 Å². The second-order valence-corrected chi connectivity index (χ2v) is 5.33. The van der Waals surface area contributed by atoms with Crippen LogP contribution in [0.2, 0.25) is 0 Å². The molecule has 0 bridgehead atoms. The summed E-state index contributed by atoms with van der Waals surface area (Å²) >= 11 is 0. The zero-order valence-corrected chi connectivity index (χ0v) is 12.3. The van der Waals surface area contributed by atoms with E-state index in [1.807, 2.05) is 6.07 Å². The predicted octanol–water partition coefficient (Wildman–Crippen LogP) is 2.15. The highest BCUT2D eigenvalue weighted by molar-refractivity contribution is 5.92. The minimum atomic E-state index is -0.0872. The minimum Gasteiger partial charge on any atom is -0.383 e. The number of anilines is 1. The summed E-state index contributed by atoms with van der Waals surface area (Å²) in [6.07, 6.45) is 7.06. The van der Waals surface area contributed by atoms with Crippen LogP contribution in [0, 0.1) is 0 Å². The Kier molecular flexibility index (Phi) is 5.35. The van der Waals surface area contributed by atoms with Crippen LogP contribution in [0.25, 0.3) is 0 Å². The molecule has 0 spiro atoms. The normalized spacial score (nSPS) is 15.3. The predicted molar refractivity (Wildman–Crippen MR) is 79.0 cm³/mol. The van der Waals surface area contributed by atoms with Gasteiger partial charge < -0.3 is 15.0 Å². The highest BCUT2D eigenvalue weighted by Crippen LogP contribution is 2.20. The van der Waals surface area contributed by atoms with Crippen molar-refractivity contribution in [2.75, 3.05) is 32.6 Å². The summed E-state index contributed by atoms with van der Waals surface area (Å²) in [4.78, 5) is 17.4. The number of rotatable bonds is 6. The molecule has 1 amide bonds. The molecule has 20 heavy (non-hydrogen) atoms. The van der Waals surface area contributed by atoms with Crippen molar-refractivity contribution >= 4 is 11.6 Å². The summed E-state index contributed by atoms with van der Waals surface area (Å²) in [5, 5.41) is 3.27. The van der Waals surface area contributed by atoms with Crippen molar-refractivity contribution in [2.45, 2.75) is 31.8 Å². The third-order valence-electron chi connectivity index (χ3n) is 3.47. The van der Waals surface area contributed by atoms with Gasteiger partial charge in [-0.1, -0.05) is 12.8 Å². The molecule has 110 valence electrons. The van der Waals surface area contributed by atoms with Crippen LogP contribution in [0.5, 0.6) is 0 Å². The summed E-state index contributed by atoms with van der Waals surface area (Å²) in [6, 6.07) is 3.64. The van der Waals surface area contributed by atoms with E-state index in [-0.39, 0.29) is 5.91 Å². The van der Waals surface area contributed by atoms with Crippen molar-refractivity contribution in [2.24, 2.45) is 0 Å². The second-order valence-electron chi connectivity index (χ2n) is 5.33. The Labute approximate surface area is 120 Å². The number of hydrogen-bond donors (Lipinski definition) is 1. The van der Waals surface area contributed by atoms with Crippen LogP contribution in [-0.4, -0.2) is 49.1 Å². The van der Waals surface area contributed by atoms with Crippen LogP contribution in [0.4, 0.5) is 5.69 Å². The fourth-order valence-corrected chi connectivity index (χ4v) is 2.36. The number of carbonyl (C=O) groups excluding carboxylic acids is 1. The first-order valence-corrected chi connectivity index (χ1v) is 7.20. The van der Waals surface area contributed by atoms with Crippen LogP contribution in [0.3, 0.4) is 0 Å². The molecule has 0 atom stereocenters. The molecule has 0 unspecified atom stereocenters. The number of nitrogens with zero attached hydrogens (tertiary/aromatic N) is 2. The van der Waals surface area contributed by atoms with Crippen LogP contribution in [-0.2, 0) is 4.74 Å². The second kappa shape index (κ2) is 7.24. The number of nitrogens with one attached hydrogen (secondary N) is 1. The van der Waals surface area contributed by atoms with Gasteiger partial charge in [-0.15, -0.1) is 0 Å².